The lowest BCUT2D eigenvalue weighted by Gasteiger charge is -2.30. The first kappa shape index (κ1) is 18.3. The van der Waals surface area contributed by atoms with Gasteiger partial charge in [0.25, 0.3) is 11.5 Å². The van der Waals surface area contributed by atoms with Crippen LogP contribution >= 0.6 is 0 Å². The molecule has 1 saturated heterocycles. The number of hydrogen-bond acceptors (Lipinski definition) is 3. The maximum absolute atomic E-state index is 13.4. The molecule has 1 amide bonds. The van der Waals surface area contributed by atoms with Crippen molar-refractivity contribution in [3.05, 3.63) is 76.2 Å². The number of rotatable bonds is 3. The first-order valence-corrected chi connectivity index (χ1v) is 9.74. The highest BCUT2D eigenvalue weighted by Gasteiger charge is 2.28. The Morgan fingerprint density at radius 3 is 2.64 bits per heavy atom. The fourth-order valence-electron chi connectivity index (χ4n) is 4.00. The first-order valence-electron chi connectivity index (χ1n) is 9.74. The summed E-state index contributed by atoms with van der Waals surface area (Å²) in [5.74, 6) is 0.680. The molecule has 5 nitrogen and oxygen atoms in total. The van der Waals surface area contributed by atoms with Gasteiger partial charge in [0.15, 0.2) is 0 Å². The Morgan fingerprint density at radius 2 is 1.86 bits per heavy atom. The van der Waals surface area contributed by atoms with Crippen LogP contribution in [-0.2, 0) is 0 Å². The molecule has 144 valence electrons. The Hall–Kier alpha value is -3.08. The number of pyridine rings is 1. The molecule has 0 radical (unpaired) electrons. The lowest BCUT2D eigenvalue weighted by atomic mass is 10.00. The summed E-state index contributed by atoms with van der Waals surface area (Å²) in [7, 11) is 1.65. The van der Waals surface area contributed by atoms with Gasteiger partial charge in [-0.25, -0.2) is 0 Å². The van der Waals surface area contributed by atoms with Gasteiger partial charge >= 0.3 is 0 Å². The van der Waals surface area contributed by atoms with Gasteiger partial charge < -0.3 is 14.6 Å². The molecule has 0 spiro atoms. The van der Waals surface area contributed by atoms with Crippen LogP contribution in [0, 0.1) is 0 Å². The maximum atomic E-state index is 13.4. The molecule has 0 bridgehead atoms. The number of aromatic nitrogens is 1. The van der Waals surface area contributed by atoms with E-state index in [2.05, 4.69) is 4.98 Å². The number of benzene rings is 2. The molecule has 1 atom stereocenters. The van der Waals surface area contributed by atoms with Crippen molar-refractivity contribution in [1.29, 1.82) is 0 Å². The summed E-state index contributed by atoms with van der Waals surface area (Å²) >= 11 is 0. The maximum Gasteiger partial charge on any atom is 0.270 e. The van der Waals surface area contributed by atoms with Crippen molar-refractivity contribution in [1.82, 2.24) is 9.88 Å². The predicted octanol–water partition coefficient (Wildman–Crippen LogP) is 4.29. The number of nitrogens with one attached hydrogen (secondary N) is 1. The minimum atomic E-state index is -0.225. The van der Waals surface area contributed by atoms with Gasteiger partial charge in [0.05, 0.1) is 13.2 Å². The number of carbonyl (C=O) groups excluding carboxylic acids is 1. The monoisotopic (exact) mass is 376 g/mol. The lowest BCUT2D eigenvalue weighted by molar-refractivity contribution is 0.0674. The van der Waals surface area contributed by atoms with Gasteiger partial charge in [-0.3, -0.25) is 9.59 Å². The van der Waals surface area contributed by atoms with Gasteiger partial charge in [0.2, 0.25) is 0 Å². The molecule has 4 rings (SSSR count). The van der Waals surface area contributed by atoms with Gasteiger partial charge in [0.1, 0.15) is 11.4 Å². The summed E-state index contributed by atoms with van der Waals surface area (Å²) in [5.41, 5.74) is 1.22. The number of likely N-dealkylation sites (tertiary alicyclic amines) is 1. The molecule has 28 heavy (non-hydrogen) atoms. The van der Waals surface area contributed by atoms with E-state index in [9.17, 15) is 9.59 Å². The zero-order valence-corrected chi connectivity index (χ0v) is 16.0. The number of methoxy groups -OCH3 is 1. The van der Waals surface area contributed by atoms with Crippen molar-refractivity contribution in [3.8, 4) is 5.75 Å². The Bertz CT molecular complexity index is 1040. The predicted molar refractivity (Wildman–Crippen MR) is 110 cm³/mol. The van der Waals surface area contributed by atoms with E-state index < -0.39 is 0 Å². The Labute approximate surface area is 163 Å². The van der Waals surface area contributed by atoms with E-state index in [4.69, 9.17) is 4.74 Å². The largest absolute Gasteiger partial charge is 0.497 e. The molecule has 1 aliphatic rings. The highest BCUT2D eigenvalue weighted by atomic mass is 16.5. The van der Waals surface area contributed by atoms with E-state index in [0.29, 0.717) is 17.6 Å². The summed E-state index contributed by atoms with van der Waals surface area (Å²) in [6.45, 7) is 0.685. The molecule has 1 aliphatic heterocycles. The number of fused-ring (bicyclic) bond motifs is 1. The van der Waals surface area contributed by atoms with Crippen molar-refractivity contribution in [3.63, 3.8) is 0 Å². The minimum absolute atomic E-state index is 0.00382. The van der Waals surface area contributed by atoms with Crippen LogP contribution in [0.2, 0.25) is 0 Å². The fraction of sp³-hybridized carbons (Fsp3) is 0.304. The topological polar surface area (TPSA) is 62.4 Å². The molecule has 0 saturated carbocycles. The third-order valence-corrected chi connectivity index (χ3v) is 5.50. The molecule has 1 N–H and O–H groups in total. The van der Waals surface area contributed by atoms with Crippen LogP contribution < -0.4 is 10.3 Å². The Morgan fingerprint density at radius 1 is 1.07 bits per heavy atom. The standard InChI is InChI=1S/C23H24N2O3/c1-28-18-12-10-16(11-13-18)21-9-3-2-6-14-25(21)23(27)20-15-17-7-4-5-8-19(17)22(26)24-20/h4-5,7-8,10-13,15,21H,2-3,6,9,14H2,1H3,(H,24,26). The van der Waals surface area contributed by atoms with E-state index in [1.165, 1.54) is 0 Å². The number of nitrogens with zero attached hydrogens (tertiary/aromatic N) is 1. The fourth-order valence-corrected chi connectivity index (χ4v) is 4.00. The van der Waals surface area contributed by atoms with Gasteiger partial charge in [0, 0.05) is 11.9 Å². The average Bonchev–Trinajstić information content (AvgIpc) is 2.99. The average molecular weight is 376 g/mol. The molecular weight excluding hydrogens is 352 g/mol. The van der Waals surface area contributed by atoms with Crippen LogP contribution in [0.3, 0.4) is 0 Å². The molecule has 2 aromatic carbocycles. The number of aromatic amines is 1. The van der Waals surface area contributed by atoms with Crippen LogP contribution in [0.15, 0.2) is 59.4 Å². The van der Waals surface area contributed by atoms with Crippen molar-refractivity contribution in [2.24, 2.45) is 0 Å². The van der Waals surface area contributed by atoms with Crippen molar-refractivity contribution in [2.75, 3.05) is 13.7 Å². The highest BCUT2D eigenvalue weighted by molar-refractivity contribution is 5.96. The molecular formula is C23H24N2O3. The Balaban J connectivity index is 1.71. The number of ether oxygens (including phenoxy) is 1. The SMILES string of the molecule is COc1ccc(C2CCCCCN2C(=O)c2cc3ccccc3c(=O)[nH]2)cc1. The second kappa shape index (κ2) is 7.89. The molecule has 1 aromatic heterocycles. The van der Waals surface area contributed by atoms with Gasteiger partial charge in [-0.15, -0.1) is 0 Å². The minimum Gasteiger partial charge on any atom is -0.497 e. The van der Waals surface area contributed by atoms with Crippen LogP contribution in [0.1, 0.15) is 47.8 Å². The molecule has 5 heteroatoms. The lowest BCUT2D eigenvalue weighted by Crippen LogP contribution is -2.36. The molecule has 0 aliphatic carbocycles. The molecule has 3 aromatic rings. The van der Waals surface area contributed by atoms with Crippen LogP contribution in [-0.4, -0.2) is 29.4 Å². The van der Waals surface area contributed by atoms with Gasteiger partial charge in [-0.05, 0) is 48.1 Å². The second-order valence-electron chi connectivity index (χ2n) is 7.24. The zero-order chi connectivity index (χ0) is 19.5. The molecule has 2 heterocycles. The number of hydrogen-bond donors (Lipinski definition) is 1. The molecule has 1 unspecified atom stereocenters. The summed E-state index contributed by atoms with van der Waals surface area (Å²) in [6.07, 6.45) is 4.06. The van der Waals surface area contributed by atoms with E-state index in [-0.39, 0.29) is 17.5 Å². The summed E-state index contributed by atoms with van der Waals surface area (Å²) in [6, 6.07) is 17.0. The quantitative estimate of drug-likeness (QED) is 0.741. The van der Waals surface area contributed by atoms with E-state index in [0.717, 1.165) is 42.4 Å². The number of carbonyl (C=O) groups is 1. The third kappa shape index (κ3) is 3.52. The normalized spacial score (nSPS) is 17.3. The Kier molecular flexibility index (Phi) is 5.15. The van der Waals surface area contributed by atoms with Gasteiger partial charge in [-0.2, -0.15) is 0 Å². The number of H-pyrrole nitrogens is 1. The smallest absolute Gasteiger partial charge is 0.270 e. The van der Waals surface area contributed by atoms with Crippen molar-refractivity contribution >= 4 is 16.7 Å². The van der Waals surface area contributed by atoms with E-state index >= 15 is 0 Å². The van der Waals surface area contributed by atoms with Crippen LogP contribution in [0.25, 0.3) is 10.8 Å². The summed E-state index contributed by atoms with van der Waals surface area (Å²) in [5, 5.41) is 1.38. The van der Waals surface area contributed by atoms with Gasteiger partial charge in [-0.1, -0.05) is 43.2 Å². The highest BCUT2D eigenvalue weighted by Crippen LogP contribution is 2.32. The van der Waals surface area contributed by atoms with Crippen LogP contribution in [0.4, 0.5) is 0 Å². The molecule has 1 fully saturated rings. The third-order valence-electron chi connectivity index (χ3n) is 5.50. The summed E-state index contributed by atoms with van der Waals surface area (Å²) < 4.78 is 5.26. The second-order valence-corrected chi connectivity index (χ2v) is 7.24. The zero-order valence-electron chi connectivity index (χ0n) is 16.0. The van der Waals surface area contributed by atoms with Crippen molar-refractivity contribution < 1.29 is 9.53 Å². The van der Waals surface area contributed by atoms with Crippen molar-refractivity contribution in [2.45, 2.75) is 31.7 Å². The first-order chi connectivity index (χ1) is 13.7. The van der Waals surface area contributed by atoms with E-state index in [1.807, 2.05) is 47.4 Å². The van der Waals surface area contributed by atoms with E-state index in [1.54, 1.807) is 19.2 Å². The summed E-state index contributed by atoms with van der Waals surface area (Å²) in [4.78, 5) is 30.5. The van der Waals surface area contributed by atoms with Crippen LogP contribution in [0.5, 0.6) is 5.75 Å². The number of amides is 1.